The van der Waals surface area contributed by atoms with E-state index in [2.05, 4.69) is 5.32 Å². The number of ether oxygens (including phenoxy) is 5. The van der Waals surface area contributed by atoms with E-state index in [1.807, 2.05) is 33.8 Å². The quantitative estimate of drug-likeness (QED) is 0.237. The van der Waals surface area contributed by atoms with Gasteiger partial charge in [0.25, 0.3) is 0 Å². The number of amides is 1. The Kier molecular flexibility index (Phi) is 12.4. The number of methoxy groups -OCH3 is 2. The molecule has 0 bridgehead atoms. The summed E-state index contributed by atoms with van der Waals surface area (Å²) in [5.41, 5.74) is -0.00279. The fourth-order valence-electron chi connectivity index (χ4n) is 4.87. The van der Waals surface area contributed by atoms with Gasteiger partial charge >= 0.3 is 12.1 Å². The summed E-state index contributed by atoms with van der Waals surface area (Å²) in [7, 11) is 3.22. The summed E-state index contributed by atoms with van der Waals surface area (Å²) in [5, 5.41) is 14.5. The number of benzene rings is 1. The van der Waals surface area contributed by atoms with Crippen molar-refractivity contribution in [3.8, 4) is 11.5 Å². The van der Waals surface area contributed by atoms with E-state index in [9.17, 15) is 14.7 Å². The third-order valence-electron chi connectivity index (χ3n) is 7.08. The molecule has 2 rings (SSSR count). The fraction of sp³-hybridized carbons (Fsp3) is 0.733. The van der Waals surface area contributed by atoms with Gasteiger partial charge in [-0.05, 0) is 69.1 Å². The van der Waals surface area contributed by atoms with Crippen molar-refractivity contribution in [2.24, 2.45) is 23.7 Å². The lowest BCUT2D eigenvalue weighted by Gasteiger charge is -2.33. The number of hydrogen-bond donors (Lipinski definition) is 2. The smallest absolute Gasteiger partial charge is 0.408 e. The van der Waals surface area contributed by atoms with Crippen LogP contribution < -0.4 is 14.8 Å². The van der Waals surface area contributed by atoms with E-state index in [1.54, 1.807) is 47.1 Å². The monoisotopic (exact) mass is 551 g/mol. The molecular weight excluding hydrogens is 502 g/mol. The second kappa shape index (κ2) is 14.7. The van der Waals surface area contributed by atoms with Crippen molar-refractivity contribution in [1.29, 1.82) is 0 Å². The lowest BCUT2D eigenvalue weighted by atomic mass is 9.80. The van der Waals surface area contributed by atoms with Crippen molar-refractivity contribution in [1.82, 2.24) is 5.32 Å². The standard InChI is InChI=1S/C30H49NO8/c1-18(2)21(27(32)20-11-12-24(36-9)26(15-20)37-14-10-13-35-8)16-23(31-29(34)39-30(5,6)7)25-17-22(19(3)4)28(33)38-25/h11-12,15,18-19,21-23,25,27,32H,10,13-14,16-17H2,1-9H3,(H,31,34)/t21?,22-,23?,25-,27?/m0/s1. The summed E-state index contributed by atoms with van der Waals surface area (Å²) in [5.74, 6) is 0.535. The second-order valence-corrected chi connectivity index (χ2v) is 12.0. The highest BCUT2D eigenvalue weighted by Crippen LogP contribution is 2.39. The maximum absolute atomic E-state index is 12.8. The Morgan fingerprint density at radius 1 is 1.13 bits per heavy atom. The van der Waals surface area contributed by atoms with E-state index in [1.165, 1.54) is 0 Å². The fourth-order valence-corrected chi connectivity index (χ4v) is 4.87. The zero-order valence-corrected chi connectivity index (χ0v) is 25.1. The first-order chi connectivity index (χ1) is 18.3. The minimum absolute atomic E-state index is 0.0501. The van der Waals surface area contributed by atoms with Crippen LogP contribution in [0.1, 0.15) is 79.4 Å². The van der Waals surface area contributed by atoms with Crippen LogP contribution in [0.4, 0.5) is 4.79 Å². The average molecular weight is 552 g/mol. The highest BCUT2D eigenvalue weighted by atomic mass is 16.6. The molecule has 1 aliphatic rings. The summed E-state index contributed by atoms with van der Waals surface area (Å²) in [4.78, 5) is 25.4. The summed E-state index contributed by atoms with van der Waals surface area (Å²) < 4.78 is 27.8. The molecule has 9 nitrogen and oxygen atoms in total. The number of rotatable bonds is 14. The van der Waals surface area contributed by atoms with E-state index < -0.39 is 29.9 Å². The van der Waals surface area contributed by atoms with E-state index in [-0.39, 0.29) is 29.6 Å². The van der Waals surface area contributed by atoms with Crippen molar-refractivity contribution in [3.05, 3.63) is 23.8 Å². The molecule has 0 aliphatic carbocycles. The summed E-state index contributed by atoms with van der Waals surface area (Å²) in [6.45, 7) is 14.5. The molecule has 1 saturated heterocycles. The molecule has 0 saturated carbocycles. The number of esters is 1. The Balaban J connectivity index is 2.31. The lowest BCUT2D eigenvalue weighted by molar-refractivity contribution is -0.146. The Morgan fingerprint density at radius 3 is 2.36 bits per heavy atom. The predicted molar refractivity (Wildman–Crippen MR) is 149 cm³/mol. The maximum Gasteiger partial charge on any atom is 0.408 e. The van der Waals surface area contributed by atoms with Crippen molar-refractivity contribution in [2.45, 2.75) is 91.6 Å². The van der Waals surface area contributed by atoms with Gasteiger partial charge in [0.15, 0.2) is 11.5 Å². The third-order valence-corrected chi connectivity index (χ3v) is 7.08. The molecule has 0 spiro atoms. The number of alkyl carbamates (subject to hydrolysis) is 1. The first-order valence-electron chi connectivity index (χ1n) is 13.9. The first kappa shape index (κ1) is 32.7. The van der Waals surface area contributed by atoms with Gasteiger partial charge in [-0.3, -0.25) is 4.79 Å². The lowest BCUT2D eigenvalue weighted by Crippen LogP contribution is -2.47. The highest BCUT2D eigenvalue weighted by Gasteiger charge is 2.43. The SMILES string of the molecule is COCCCOc1cc(C(O)C(CC(NC(=O)OC(C)(C)C)[C@@H]2C[C@@H](C(C)C)C(=O)O2)C(C)C)ccc1OC. The van der Waals surface area contributed by atoms with Gasteiger partial charge in [0.05, 0.1) is 31.8 Å². The molecule has 2 N–H and O–H groups in total. The largest absolute Gasteiger partial charge is 0.493 e. The van der Waals surface area contributed by atoms with Gasteiger partial charge < -0.3 is 34.1 Å². The van der Waals surface area contributed by atoms with E-state index >= 15 is 0 Å². The molecule has 222 valence electrons. The zero-order valence-electron chi connectivity index (χ0n) is 25.1. The van der Waals surface area contributed by atoms with Gasteiger partial charge in [0.1, 0.15) is 11.7 Å². The number of aliphatic hydroxyl groups excluding tert-OH is 1. The third kappa shape index (κ3) is 9.87. The summed E-state index contributed by atoms with van der Waals surface area (Å²) >= 11 is 0. The number of nitrogens with one attached hydrogen (secondary N) is 1. The minimum atomic E-state index is -0.863. The van der Waals surface area contributed by atoms with Crippen molar-refractivity contribution in [3.63, 3.8) is 0 Å². The Bertz CT molecular complexity index is 926. The summed E-state index contributed by atoms with van der Waals surface area (Å²) in [6.07, 6.45) is -0.350. The van der Waals surface area contributed by atoms with Gasteiger partial charge in [-0.25, -0.2) is 4.79 Å². The molecule has 1 heterocycles. The van der Waals surface area contributed by atoms with Crippen molar-refractivity contribution < 1.29 is 38.4 Å². The molecule has 1 fully saturated rings. The van der Waals surface area contributed by atoms with Crippen LogP contribution >= 0.6 is 0 Å². The first-order valence-corrected chi connectivity index (χ1v) is 13.9. The predicted octanol–water partition coefficient (Wildman–Crippen LogP) is 5.29. The number of carbonyl (C=O) groups excluding carboxylic acids is 2. The van der Waals surface area contributed by atoms with Crippen LogP contribution in [0.25, 0.3) is 0 Å². The van der Waals surface area contributed by atoms with Crippen molar-refractivity contribution >= 4 is 12.1 Å². The molecule has 1 aromatic carbocycles. The van der Waals surface area contributed by atoms with E-state index in [0.717, 1.165) is 6.42 Å². The molecule has 39 heavy (non-hydrogen) atoms. The normalized spacial score (nSPS) is 19.9. The molecule has 9 heteroatoms. The van der Waals surface area contributed by atoms with Gasteiger partial charge in [-0.2, -0.15) is 0 Å². The van der Waals surface area contributed by atoms with Crippen LogP contribution in [0.3, 0.4) is 0 Å². The van der Waals surface area contributed by atoms with Gasteiger partial charge in [0, 0.05) is 20.1 Å². The molecule has 3 unspecified atom stereocenters. The molecule has 1 aliphatic heterocycles. The molecule has 1 aromatic rings. The topological polar surface area (TPSA) is 113 Å². The Hall–Kier alpha value is -2.52. The molecule has 0 aromatic heterocycles. The average Bonchev–Trinajstić information content (AvgIpc) is 3.24. The Labute approximate surface area is 233 Å². The number of carbonyl (C=O) groups is 2. The van der Waals surface area contributed by atoms with E-state index in [0.29, 0.717) is 43.1 Å². The zero-order chi connectivity index (χ0) is 29.3. The van der Waals surface area contributed by atoms with Crippen LogP contribution in [0, 0.1) is 23.7 Å². The second-order valence-electron chi connectivity index (χ2n) is 12.0. The minimum Gasteiger partial charge on any atom is -0.493 e. The molecule has 0 radical (unpaired) electrons. The number of cyclic esters (lactones) is 1. The van der Waals surface area contributed by atoms with Crippen LogP contribution in [0.15, 0.2) is 18.2 Å². The number of aliphatic hydroxyl groups is 1. The molecular formula is C30H49NO8. The molecule has 5 atom stereocenters. The van der Waals surface area contributed by atoms with Crippen LogP contribution in [-0.4, -0.2) is 62.3 Å². The van der Waals surface area contributed by atoms with Crippen LogP contribution in [0.5, 0.6) is 11.5 Å². The Morgan fingerprint density at radius 2 is 1.82 bits per heavy atom. The van der Waals surface area contributed by atoms with Crippen LogP contribution in [-0.2, 0) is 19.0 Å². The number of hydrogen-bond acceptors (Lipinski definition) is 8. The summed E-state index contributed by atoms with van der Waals surface area (Å²) in [6, 6.07) is 4.87. The maximum atomic E-state index is 12.8. The van der Waals surface area contributed by atoms with Gasteiger partial charge in [-0.15, -0.1) is 0 Å². The van der Waals surface area contributed by atoms with Crippen molar-refractivity contribution in [2.75, 3.05) is 27.4 Å². The molecule has 1 amide bonds. The van der Waals surface area contributed by atoms with Gasteiger partial charge in [0.2, 0.25) is 0 Å². The van der Waals surface area contributed by atoms with Crippen LogP contribution in [0.2, 0.25) is 0 Å². The highest BCUT2D eigenvalue weighted by molar-refractivity contribution is 5.75. The van der Waals surface area contributed by atoms with Gasteiger partial charge in [-0.1, -0.05) is 33.8 Å². The van der Waals surface area contributed by atoms with E-state index in [4.69, 9.17) is 23.7 Å².